The van der Waals surface area contributed by atoms with Crippen molar-refractivity contribution in [3.8, 4) is 0 Å². The van der Waals surface area contributed by atoms with Gasteiger partial charge in [0.2, 0.25) is 0 Å². The van der Waals surface area contributed by atoms with E-state index in [2.05, 4.69) is 5.32 Å². The molecule has 0 bridgehead atoms. The second-order valence-corrected chi connectivity index (χ2v) is 4.51. The van der Waals surface area contributed by atoms with Crippen LogP contribution in [0.15, 0.2) is 30.3 Å². The van der Waals surface area contributed by atoms with Crippen LogP contribution in [0.25, 0.3) is 0 Å². The van der Waals surface area contributed by atoms with Gasteiger partial charge in [-0.05, 0) is 48.7 Å². The molecule has 1 nitrogen and oxygen atoms in total. The zero-order valence-corrected chi connectivity index (χ0v) is 10.7. The molecule has 0 spiro atoms. The molecule has 1 N–H and O–H groups in total. The van der Waals surface area contributed by atoms with E-state index in [0.29, 0.717) is 6.54 Å². The van der Waals surface area contributed by atoms with Crippen LogP contribution >= 0.6 is 0 Å². The number of benzene rings is 2. The molecule has 0 fully saturated rings. The Labute approximate surface area is 110 Å². The number of halogens is 3. The van der Waals surface area contributed by atoms with Crippen molar-refractivity contribution in [2.45, 2.75) is 20.4 Å². The van der Waals surface area contributed by atoms with Crippen molar-refractivity contribution < 1.29 is 13.2 Å². The molecule has 0 radical (unpaired) electrons. The average Bonchev–Trinajstić information content (AvgIpc) is 2.34. The number of hydrogen-bond donors (Lipinski definition) is 1. The maximum absolute atomic E-state index is 13.6. The van der Waals surface area contributed by atoms with Crippen molar-refractivity contribution >= 4 is 5.69 Å². The number of rotatable bonds is 3. The van der Waals surface area contributed by atoms with Crippen molar-refractivity contribution in [2.75, 3.05) is 5.32 Å². The molecule has 0 saturated carbocycles. The second kappa shape index (κ2) is 5.34. The molecule has 0 aliphatic rings. The molecule has 0 amide bonds. The first-order chi connectivity index (χ1) is 8.97. The molecule has 0 aromatic heterocycles. The molecule has 2 aromatic carbocycles. The van der Waals surface area contributed by atoms with E-state index in [0.717, 1.165) is 23.3 Å². The number of anilines is 1. The summed E-state index contributed by atoms with van der Waals surface area (Å²) in [4.78, 5) is 0. The van der Waals surface area contributed by atoms with Gasteiger partial charge in [-0.2, -0.15) is 0 Å². The van der Waals surface area contributed by atoms with Crippen molar-refractivity contribution in [2.24, 2.45) is 0 Å². The Balaban J connectivity index is 2.16. The summed E-state index contributed by atoms with van der Waals surface area (Å²) in [6.07, 6.45) is 0. The summed E-state index contributed by atoms with van der Waals surface area (Å²) < 4.78 is 39.9. The molecule has 0 unspecified atom stereocenters. The van der Waals surface area contributed by atoms with Crippen LogP contribution in [0.4, 0.5) is 18.9 Å². The maximum Gasteiger partial charge on any atom is 0.146 e. The third kappa shape index (κ3) is 3.08. The van der Waals surface area contributed by atoms with Gasteiger partial charge in [-0.25, -0.2) is 13.2 Å². The van der Waals surface area contributed by atoms with Crippen LogP contribution in [-0.2, 0) is 6.54 Å². The van der Waals surface area contributed by atoms with Gasteiger partial charge in [0.05, 0.1) is 5.69 Å². The molecule has 4 heteroatoms. The molecular formula is C15H14F3N. The Hall–Kier alpha value is -1.97. The molecule has 0 heterocycles. The molecule has 0 aliphatic heterocycles. The highest BCUT2D eigenvalue weighted by molar-refractivity contribution is 5.47. The zero-order chi connectivity index (χ0) is 14.0. The van der Waals surface area contributed by atoms with Crippen LogP contribution in [0.5, 0.6) is 0 Å². The first-order valence-electron chi connectivity index (χ1n) is 5.92. The van der Waals surface area contributed by atoms with E-state index in [9.17, 15) is 13.2 Å². The fourth-order valence-electron chi connectivity index (χ4n) is 1.83. The summed E-state index contributed by atoms with van der Waals surface area (Å²) in [6.45, 7) is 3.59. The second-order valence-electron chi connectivity index (χ2n) is 4.51. The molecule has 2 aromatic rings. The quantitative estimate of drug-likeness (QED) is 0.870. The summed E-state index contributed by atoms with van der Waals surface area (Å²) in [5, 5.41) is 2.82. The van der Waals surface area contributed by atoms with E-state index in [-0.39, 0.29) is 17.1 Å². The third-order valence-electron chi connectivity index (χ3n) is 3.02. The van der Waals surface area contributed by atoms with Gasteiger partial charge in [0.1, 0.15) is 17.5 Å². The lowest BCUT2D eigenvalue weighted by atomic mass is 10.1. The summed E-state index contributed by atoms with van der Waals surface area (Å²) in [6, 6.07) is 6.65. The van der Waals surface area contributed by atoms with Crippen LogP contribution in [0.1, 0.15) is 16.7 Å². The number of aryl methyl sites for hydroxylation is 2. The molecule has 19 heavy (non-hydrogen) atoms. The van der Waals surface area contributed by atoms with Crippen molar-refractivity contribution in [3.05, 3.63) is 64.5 Å². The van der Waals surface area contributed by atoms with Gasteiger partial charge < -0.3 is 5.32 Å². The fourth-order valence-corrected chi connectivity index (χ4v) is 1.83. The van der Waals surface area contributed by atoms with E-state index in [1.165, 1.54) is 19.1 Å². The van der Waals surface area contributed by atoms with Crippen LogP contribution in [0.3, 0.4) is 0 Å². The lowest BCUT2D eigenvalue weighted by molar-refractivity contribution is 0.594. The summed E-state index contributed by atoms with van der Waals surface area (Å²) in [7, 11) is 0. The van der Waals surface area contributed by atoms with Gasteiger partial charge in [-0.3, -0.25) is 0 Å². The van der Waals surface area contributed by atoms with E-state index >= 15 is 0 Å². The first kappa shape index (κ1) is 13.5. The van der Waals surface area contributed by atoms with Gasteiger partial charge in [-0.1, -0.05) is 6.07 Å². The average molecular weight is 265 g/mol. The van der Waals surface area contributed by atoms with E-state index in [4.69, 9.17) is 0 Å². The SMILES string of the molecule is Cc1cc(F)c(NCc2ccc(F)cc2C)cc1F. The van der Waals surface area contributed by atoms with E-state index in [1.807, 2.05) is 0 Å². The van der Waals surface area contributed by atoms with Crippen molar-refractivity contribution in [1.82, 2.24) is 0 Å². The summed E-state index contributed by atoms with van der Waals surface area (Å²) in [5.74, 6) is -1.27. The first-order valence-corrected chi connectivity index (χ1v) is 5.92. The van der Waals surface area contributed by atoms with Crippen LogP contribution in [0.2, 0.25) is 0 Å². The Kier molecular flexibility index (Phi) is 3.79. The van der Waals surface area contributed by atoms with Crippen molar-refractivity contribution in [3.63, 3.8) is 0 Å². The van der Waals surface area contributed by atoms with Gasteiger partial charge in [-0.15, -0.1) is 0 Å². The maximum atomic E-state index is 13.6. The molecule has 0 saturated heterocycles. The van der Waals surface area contributed by atoms with E-state index in [1.54, 1.807) is 13.0 Å². The highest BCUT2D eigenvalue weighted by Crippen LogP contribution is 2.20. The Bertz CT molecular complexity index is 609. The molecule has 2 rings (SSSR count). The Morgan fingerprint density at radius 1 is 0.895 bits per heavy atom. The highest BCUT2D eigenvalue weighted by atomic mass is 19.1. The molecule has 0 atom stereocenters. The summed E-state index contributed by atoms with van der Waals surface area (Å²) in [5.41, 5.74) is 1.97. The highest BCUT2D eigenvalue weighted by Gasteiger charge is 2.07. The van der Waals surface area contributed by atoms with Gasteiger partial charge in [0, 0.05) is 12.6 Å². The zero-order valence-electron chi connectivity index (χ0n) is 10.7. The van der Waals surface area contributed by atoms with E-state index < -0.39 is 11.6 Å². The van der Waals surface area contributed by atoms with Crippen molar-refractivity contribution in [1.29, 1.82) is 0 Å². The van der Waals surface area contributed by atoms with Gasteiger partial charge >= 0.3 is 0 Å². The molecular weight excluding hydrogens is 251 g/mol. The predicted molar refractivity (Wildman–Crippen MR) is 69.6 cm³/mol. The van der Waals surface area contributed by atoms with Gasteiger partial charge in [0.25, 0.3) is 0 Å². The third-order valence-corrected chi connectivity index (χ3v) is 3.02. The molecule has 0 aliphatic carbocycles. The molecule has 100 valence electrons. The number of hydrogen-bond acceptors (Lipinski definition) is 1. The Morgan fingerprint density at radius 3 is 2.32 bits per heavy atom. The number of nitrogens with one attached hydrogen (secondary N) is 1. The minimum absolute atomic E-state index is 0.104. The standard InChI is InChI=1S/C15H14F3N/c1-9-5-12(16)4-3-11(9)8-19-15-7-13(17)10(2)6-14(15)18/h3-7,19H,8H2,1-2H3. The lowest BCUT2D eigenvalue weighted by Crippen LogP contribution is -2.04. The predicted octanol–water partition coefficient (Wildman–Crippen LogP) is 4.33. The lowest BCUT2D eigenvalue weighted by Gasteiger charge is -2.11. The van der Waals surface area contributed by atoms with Gasteiger partial charge in [0.15, 0.2) is 0 Å². The van der Waals surface area contributed by atoms with Crippen LogP contribution < -0.4 is 5.32 Å². The van der Waals surface area contributed by atoms with Crippen LogP contribution in [-0.4, -0.2) is 0 Å². The Morgan fingerprint density at radius 2 is 1.63 bits per heavy atom. The largest absolute Gasteiger partial charge is 0.379 e. The van der Waals surface area contributed by atoms with Crippen LogP contribution in [0, 0.1) is 31.3 Å². The minimum atomic E-state index is -0.501. The fraction of sp³-hybridized carbons (Fsp3) is 0.200. The minimum Gasteiger partial charge on any atom is -0.379 e. The summed E-state index contributed by atoms with van der Waals surface area (Å²) >= 11 is 0. The topological polar surface area (TPSA) is 12.0 Å². The smallest absolute Gasteiger partial charge is 0.146 e. The monoisotopic (exact) mass is 265 g/mol. The normalized spacial score (nSPS) is 10.6.